The van der Waals surface area contributed by atoms with Crippen molar-refractivity contribution in [3.05, 3.63) is 44.5 Å². The fourth-order valence-corrected chi connectivity index (χ4v) is 3.01. The number of hydrogen-bond acceptors (Lipinski definition) is 6. The van der Waals surface area contributed by atoms with Gasteiger partial charge < -0.3 is 18.8 Å². The number of ether oxygens (including phenoxy) is 3. The number of aryl methyl sites for hydroxylation is 1. The summed E-state index contributed by atoms with van der Waals surface area (Å²) < 4.78 is 17.8. The van der Waals surface area contributed by atoms with E-state index in [4.69, 9.17) is 14.2 Å². The van der Waals surface area contributed by atoms with Crippen LogP contribution in [0, 0.1) is 6.92 Å². The van der Waals surface area contributed by atoms with Crippen LogP contribution in [0.3, 0.4) is 0 Å². The van der Waals surface area contributed by atoms with Crippen LogP contribution in [-0.4, -0.2) is 24.3 Å². The summed E-state index contributed by atoms with van der Waals surface area (Å²) in [5, 5.41) is 1.78. The van der Waals surface area contributed by atoms with Crippen LogP contribution in [0.15, 0.2) is 28.4 Å². The van der Waals surface area contributed by atoms with Crippen LogP contribution in [0.5, 0.6) is 11.5 Å². The number of carbonyl (C=O) groups excluding carboxylic acids is 1. The fraction of sp³-hybridized carbons (Fsp3) is 0.444. The van der Waals surface area contributed by atoms with E-state index in [-0.39, 0.29) is 23.9 Å². The lowest BCUT2D eigenvalue weighted by atomic mass is 10.2. The molecule has 0 N–H and O–H groups in total. The Balaban J connectivity index is 1.87. The number of thiazole rings is 1. The second-order valence-electron chi connectivity index (χ2n) is 5.54. The van der Waals surface area contributed by atoms with E-state index >= 15 is 0 Å². The van der Waals surface area contributed by atoms with E-state index in [0.29, 0.717) is 24.7 Å². The Bertz CT molecular complexity index is 765. The zero-order valence-corrected chi connectivity index (χ0v) is 15.6. The van der Waals surface area contributed by atoms with Crippen LogP contribution in [0.25, 0.3) is 0 Å². The molecule has 0 aliphatic carbocycles. The Hall–Kier alpha value is -2.28. The Morgan fingerprint density at radius 1 is 1.28 bits per heavy atom. The van der Waals surface area contributed by atoms with E-state index in [1.54, 1.807) is 23.1 Å². The van der Waals surface area contributed by atoms with Crippen LogP contribution in [-0.2, 0) is 22.7 Å². The molecule has 0 aliphatic rings. The van der Waals surface area contributed by atoms with Crippen molar-refractivity contribution in [2.45, 2.75) is 39.8 Å². The average Bonchev–Trinajstić information content (AvgIpc) is 2.94. The number of hydrogen-bond donors (Lipinski definition) is 0. The molecule has 2 rings (SSSR count). The molecule has 0 spiro atoms. The molecule has 1 aromatic carbocycles. The number of carbonyl (C=O) groups is 1. The minimum atomic E-state index is -0.345. The van der Waals surface area contributed by atoms with Crippen molar-refractivity contribution in [1.82, 2.24) is 4.57 Å². The quantitative estimate of drug-likeness (QED) is 0.639. The van der Waals surface area contributed by atoms with Gasteiger partial charge in [0.25, 0.3) is 0 Å². The van der Waals surface area contributed by atoms with Gasteiger partial charge in [-0.05, 0) is 31.0 Å². The molecule has 0 saturated carbocycles. The van der Waals surface area contributed by atoms with Gasteiger partial charge in [0, 0.05) is 17.6 Å². The number of benzene rings is 1. The topological polar surface area (TPSA) is 66.8 Å². The van der Waals surface area contributed by atoms with Crippen LogP contribution < -0.4 is 14.3 Å². The van der Waals surface area contributed by atoms with E-state index in [1.807, 2.05) is 26.0 Å². The van der Waals surface area contributed by atoms with Gasteiger partial charge in [0.1, 0.15) is 6.61 Å². The van der Waals surface area contributed by atoms with Crippen molar-refractivity contribution in [2.75, 3.05) is 13.7 Å². The van der Waals surface area contributed by atoms with Crippen molar-refractivity contribution >= 4 is 17.3 Å². The normalized spacial score (nSPS) is 10.5. The first kappa shape index (κ1) is 19.1. The van der Waals surface area contributed by atoms with E-state index in [2.05, 4.69) is 0 Å². The Labute approximate surface area is 151 Å². The van der Waals surface area contributed by atoms with Crippen LogP contribution in [0.1, 0.15) is 31.0 Å². The highest BCUT2D eigenvalue weighted by Gasteiger charge is 2.10. The standard InChI is InChI=1S/C18H23NO5S/c1-4-9-23-15-6-5-14(10-16(15)22-3)11-24-17(20)7-8-19-13(2)12-25-18(19)21/h5-6,10,12H,4,7-9,11H2,1-3H3. The largest absolute Gasteiger partial charge is 0.493 e. The molecule has 0 bridgehead atoms. The van der Waals surface area contributed by atoms with Gasteiger partial charge >= 0.3 is 10.8 Å². The highest BCUT2D eigenvalue weighted by Crippen LogP contribution is 2.28. The number of aromatic nitrogens is 1. The molecule has 1 heterocycles. The summed E-state index contributed by atoms with van der Waals surface area (Å²) in [5.41, 5.74) is 1.67. The van der Waals surface area contributed by atoms with Gasteiger partial charge in [0.2, 0.25) is 0 Å². The minimum absolute atomic E-state index is 0.0577. The molecular formula is C18H23NO5S. The van der Waals surface area contributed by atoms with Gasteiger partial charge in [-0.3, -0.25) is 9.59 Å². The van der Waals surface area contributed by atoms with Crippen molar-refractivity contribution in [2.24, 2.45) is 0 Å². The molecule has 7 heteroatoms. The molecule has 1 aromatic heterocycles. The average molecular weight is 365 g/mol. The molecule has 0 saturated heterocycles. The molecule has 0 atom stereocenters. The maximum Gasteiger partial charge on any atom is 0.307 e. The maximum absolute atomic E-state index is 11.9. The lowest BCUT2D eigenvalue weighted by molar-refractivity contribution is -0.145. The van der Waals surface area contributed by atoms with E-state index in [1.165, 1.54) is 0 Å². The molecule has 0 radical (unpaired) electrons. The minimum Gasteiger partial charge on any atom is -0.493 e. The van der Waals surface area contributed by atoms with Gasteiger partial charge in [0.15, 0.2) is 11.5 Å². The SMILES string of the molecule is CCCOc1ccc(COC(=O)CCn2c(C)csc2=O)cc1OC. The number of esters is 1. The van der Waals surface area contributed by atoms with Gasteiger partial charge in [0.05, 0.1) is 20.1 Å². The summed E-state index contributed by atoms with van der Waals surface area (Å²) in [4.78, 5) is 23.5. The predicted octanol–water partition coefficient (Wildman–Crippen LogP) is 3.15. The summed E-state index contributed by atoms with van der Waals surface area (Å²) in [6.07, 6.45) is 1.07. The summed E-state index contributed by atoms with van der Waals surface area (Å²) >= 11 is 1.13. The van der Waals surface area contributed by atoms with Crippen LogP contribution in [0.2, 0.25) is 0 Å². The molecule has 2 aromatic rings. The van der Waals surface area contributed by atoms with E-state index in [0.717, 1.165) is 29.0 Å². The van der Waals surface area contributed by atoms with E-state index < -0.39 is 0 Å². The molecule has 6 nitrogen and oxygen atoms in total. The summed E-state index contributed by atoms with van der Waals surface area (Å²) in [6.45, 7) is 4.98. The highest BCUT2D eigenvalue weighted by molar-refractivity contribution is 7.07. The molecule has 136 valence electrons. The third-order valence-corrected chi connectivity index (χ3v) is 4.49. The number of rotatable bonds is 9. The van der Waals surface area contributed by atoms with Crippen molar-refractivity contribution in [3.8, 4) is 11.5 Å². The van der Waals surface area contributed by atoms with Gasteiger partial charge in [-0.1, -0.05) is 24.3 Å². The monoisotopic (exact) mass is 365 g/mol. The second kappa shape index (κ2) is 9.27. The lowest BCUT2D eigenvalue weighted by Crippen LogP contribution is -2.17. The third kappa shape index (κ3) is 5.35. The second-order valence-corrected chi connectivity index (χ2v) is 6.36. The first-order valence-corrected chi connectivity index (χ1v) is 9.03. The third-order valence-electron chi connectivity index (χ3n) is 3.61. The van der Waals surface area contributed by atoms with Crippen LogP contribution in [0.4, 0.5) is 0 Å². The summed E-state index contributed by atoms with van der Waals surface area (Å²) in [5.74, 6) is 0.942. The van der Waals surface area contributed by atoms with Gasteiger partial charge in [-0.25, -0.2) is 0 Å². The molecule has 0 aliphatic heterocycles. The fourth-order valence-electron chi connectivity index (χ4n) is 2.25. The van der Waals surface area contributed by atoms with Crippen molar-refractivity contribution < 1.29 is 19.0 Å². The number of nitrogens with zero attached hydrogens (tertiary/aromatic N) is 1. The zero-order chi connectivity index (χ0) is 18.2. The van der Waals surface area contributed by atoms with Crippen molar-refractivity contribution in [1.29, 1.82) is 0 Å². The first-order chi connectivity index (χ1) is 12.0. The zero-order valence-electron chi connectivity index (χ0n) is 14.7. The summed E-state index contributed by atoms with van der Waals surface area (Å²) in [7, 11) is 1.57. The number of methoxy groups -OCH3 is 1. The Kier molecular flexibility index (Phi) is 7.06. The first-order valence-electron chi connectivity index (χ1n) is 8.15. The summed E-state index contributed by atoms with van der Waals surface area (Å²) in [6, 6.07) is 5.45. The van der Waals surface area contributed by atoms with Gasteiger partial charge in [-0.15, -0.1) is 0 Å². The van der Waals surface area contributed by atoms with Gasteiger partial charge in [-0.2, -0.15) is 0 Å². The maximum atomic E-state index is 11.9. The lowest BCUT2D eigenvalue weighted by Gasteiger charge is -2.12. The van der Waals surface area contributed by atoms with Crippen molar-refractivity contribution in [3.63, 3.8) is 0 Å². The Morgan fingerprint density at radius 2 is 2.08 bits per heavy atom. The Morgan fingerprint density at radius 3 is 2.72 bits per heavy atom. The van der Waals surface area contributed by atoms with Crippen LogP contribution >= 0.6 is 11.3 Å². The predicted molar refractivity (Wildman–Crippen MR) is 96.5 cm³/mol. The molecule has 0 unspecified atom stereocenters. The van der Waals surface area contributed by atoms with E-state index in [9.17, 15) is 9.59 Å². The molecule has 0 amide bonds. The molecule has 0 fully saturated rings. The smallest absolute Gasteiger partial charge is 0.307 e. The molecule has 25 heavy (non-hydrogen) atoms. The molecular weight excluding hydrogens is 342 g/mol. The highest BCUT2D eigenvalue weighted by atomic mass is 32.1.